The lowest BCUT2D eigenvalue weighted by Gasteiger charge is -2.25. The quantitative estimate of drug-likeness (QED) is 0.728. The fraction of sp³-hybridized carbons (Fsp3) is 0.263. The van der Waals surface area contributed by atoms with Gasteiger partial charge in [0.2, 0.25) is 5.91 Å². The molecule has 0 bridgehead atoms. The number of nitrogens with zero attached hydrogens (tertiary/aromatic N) is 2. The Morgan fingerprint density at radius 2 is 2.18 bits per heavy atom. The van der Waals surface area contributed by atoms with Crippen LogP contribution in [0.25, 0.3) is 10.1 Å². The van der Waals surface area contributed by atoms with Crippen molar-refractivity contribution in [3.63, 3.8) is 0 Å². The van der Waals surface area contributed by atoms with Crippen molar-refractivity contribution < 1.29 is 14.7 Å². The maximum Gasteiger partial charge on any atom is 0.318 e. The van der Waals surface area contributed by atoms with Gasteiger partial charge in [0.25, 0.3) is 5.56 Å². The summed E-state index contributed by atoms with van der Waals surface area (Å²) >= 11 is 1.36. The average molecular weight is 398 g/mol. The van der Waals surface area contributed by atoms with E-state index in [0.29, 0.717) is 16.9 Å². The summed E-state index contributed by atoms with van der Waals surface area (Å²) in [6.07, 6.45) is 4.87. The molecule has 2 aliphatic rings. The third-order valence-corrected chi connectivity index (χ3v) is 5.65. The van der Waals surface area contributed by atoms with Crippen LogP contribution in [-0.4, -0.2) is 27.3 Å². The lowest BCUT2D eigenvalue weighted by Crippen LogP contribution is -2.41. The maximum atomic E-state index is 12.5. The number of amides is 1. The van der Waals surface area contributed by atoms with Gasteiger partial charge in [0.05, 0.1) is 16.8 Å². The Morgan fingerprint density at radius 1 is 1.43 bits per heavy atom. The summed E-state index contributed by atoms with van der Waals surface area (Å²) in [5.41, 5.74) is 0.602. The average Bonchev–Trinajstić information content (AvgIpc) is 3.40. The summed E-state index contributed by atoms with van der Waals surface area (Å²) in [6, 6.07) is 1.82. The van der Waals surface area contributed by atoms with Crippen LogP contribution in [0.5, 0.6) is 0 Å². The summed E-state index contributed by atoms with van der Waals surface area (Å²) in [7, 11) is 1.65. The molecule has 0 aromatic carbocycles. The molecular formula is C19H18N4O4S. The number of carboxylic acid groups (broad SMARTS) is 1. The second kappa shape index (κ2) is 6.75. The van der Waals surface area contributed by atoms with Crippen molar-refractivity contribution >= 4 is 44.7 Å². The monoisotopic (exact) mass is 398 g/mol. The number of carbonyl (C=O) groups is 2. The van der Waals surface area contributed by atoms with E-state index in [2.05, 4.69) is 22.2 Å². The third-order valence-electron chi connectivity index (χ3n) is 4.72. The first-order valence-electron chi connectivity index (χ1n) is 8.71. The number of rotatable bonds is 4. The Hall–Kier alpha value is -3.20. The molecule has 8 nitrogen and oxygen atoms in total. The van der Waals surface area contributed by atoms with E-state index in [1.165, 1.54) is 22.0 Å². The number of fused-ring (bicyclic) bond motifs is 1. The Bertz CT molecular complexity index is 1140. The first-order valence-corrected chi connectivity index (χ1v) is 9.59. The van der Waals surface area contributed by atoms with Crippen LogP contribution >= 0.6 is 11.3 Å². The zero-order chi connectivity index (χ0) is 20.0. The molecule has 1 aliphatic carbocycles. The molecule has 1 unspecified atom stereocenters. The van der Waals surface area contributed by atoms with Gasteiger partial charge in [-0.2, -0.15) is 0 Å². The topological polar surface area (TPSA) is 113 Å². The summed E-state index contributed by atoms with van der Waals surface area (Å²) in [4.78, 5) is 40.8. The number of pyridine rings is 1. The Balaban J connectivity index is 1.80. The first kappa shape index (κ1) is 18.2. The van der Waals surface area contributed by atoms with Crippen molar-refractivity contribution in [3.8, 4) is 0 Å². The number of aromatic nitrogens is 1. The number of aliphatic imine (C=N–C) groups is 1. The molecule has 2 aromatic rings. The van der Waals surface area contributed by atoms with Crippen molar-refractivity contribution in [2.24, 2.45) is 23.9 Å². The molecule has 0 spiro atoms. The minimum atomic E-state index is -1.12. The van der Waals surface area contributed by atoms with E-state index in [4.69, 9.17) is 0 Å². The molecule has 1 aliphatic heterocycles. The van der Waals surface area contributed by atoms with Crippen LogP contribution in [0.15, 0.2) is 51.6 Å². The van der Waals surface area contributed by atoms with E-state index in [1.807, 2.05) is 6.07 Å². The molecule has 1 amide bonds. The molecule has 144 valence electrons. The normalized spacial score (nSPS) is 20.8. The molecule has 1 atom stereocenters. The van der Waals surface area contributed by atoms with E-state index in [-0.39, 0.29) is 28.8 Å². The SMILES string of the molecule is C=C1NC(NC(=O)C2CC2)=CC(=Nc2csc3ccn(C)c(=O)c23)C1C(=O)O. The fourth-order valence-corrected chi connectivity index (χ4v) is 3.92. The lowest BCUT2D eigenvalue weighted by atomic mass is 9.96. The van der Waals surface area contributed by atoms with Crippen LogP contribution in [0, 0.1) is 11.8 Å². The molecule has 3 heterocycles. The van der Waals surface area contributed by atoms with Gasteiger partial charge >= 0.3 is 5.97 Å². The second-order valence-corrected chi connectivity index (χ2v) is 7.78. The predicted octanol–water partition coefficient (Wildman–Crippen LogP) is 1.86. The Kier molecular flexibility index (Phi) is 4.38. The van der Waals surface area contributed by atoms with Crippen molar-refractivity contribution in [1.29, 1.82) is 0 Å². The first-order chi connectivity index (χ1) is 13.3. The number of allylic oxidation sites excluding steroid dienone is 1. The molecule has 1 fully saturated rings. The van der Waals surface area contributed by atoms with Gasteiger partial charge in [0.15, 0.2) is 0 Å². The standard InChI is InChI=1S/C19H18N4O4S/c1-9-15(19(26)27)11(7-14(20-9)22-17(24)10-3-4-10)21-12-8-28-13-5-6-23(2)18(25)16(12)13/h5-8,10,15,20H,1,3-4H2,2H3,(H,22,24)(H,26,27). The molecule has 1 saturated carbocycles. The Labute approximate surface area is 163 Å². The lowest BCUT2D eigenvalue weighted by molar-refractivity contribution is -0.138. The highest BCUT2D eigenvalue weighted by Gasteiger charge is 2.34. The molecule has 3 N–H and O–H groups in total. The van der Waals surface area contributed by atoms with E-state index >= 15 is 0 Å². The minimum Gasteiger partial charge on any atom is -0.480 e. The molecular weight excluding hydrogens is 380 g/mol. The van der Waals surface area contributed by atoms with Gasteiger partial charge in [-0.1, -0.05) is 6.58 Å². The molecule has 2 aromatic heterocycles. The number of aryl methyl sites for hydroxylation is 1. The number of thiophene rings is 1. The van der Waals surface area contributed by atoms with Gasteiger partial charge in [-0.3, -0.25) is 19.4 Å². The smallest absolute Gasteiger partial charge is 0.318 e. The molecule has 0 radical (unpaired) electrons. The Morgan fingerprint density at radius 3 is 2.86 bits per heavy atom. The van der Waals surface area contributed by atoms with Crippen LogP contribution in [0.2, 0.25) is 0 Å². The van der Waals surface area contributed by atoms with Crippen molar-refractivity contribution in [1.82, 2.24) is 15.2 Å². The van der Waals surface area contributed by atoms with Crippen molar-refractivity contribution in [3.05, 3.63) is 52.2 Å². The number of carbonyl (C=O) groups excluding carboxylic acids is 1. The zero-order valence-corrected chi connectivity index (χ0v) is 15.9. The maximum absolute atomic E-state index is 12.5. The summed E-state index contributed by atoms with van der Waals surface area (Å²) in [5.74, 6) is -1.99. The van der Waals surface area contributed by atoms with Crippen LogP contribution in [-0.2, 0) is 16.6 Å². The zero-order valence-electron chi connectivity index (χ0n) is 15.1. The number of hydrogen-bond donors (Lipinski definition) is 3. The van der Waals surface area contributed by atoms with Gasteiger partial charge < -0.3 is 20.3 Å². The summed E-state index contributed by atoms with van der Waals surface area (Å²) in [5, 5.41) is 17.4. The van der Waals surface area contributed by atoms with Gasteiger partial charge in [0, 0.05) is 41.0 Å². The van der Waals surface area contributed by atoms with E-state index in [0.717, 1.165) is 17.5 Å². The predicted molar refractivity (Wildman–Crippen MR) is 107 cm³/mol. The van der Waals surface area contributed by atoms with Crippen molar-refractivity contribution in [2.45, 2.75) is 12.8 Å². The second-order valence-electron chi connectivity index (χ2n) is 6.87. The van der Waals surface area contributed by atoms with Crippen LogP contribution < -0.4 is 16.2 Å². The fourth-order valence-electron chi connectivity index (χ4n) is 3.06. The van der Waals surface area contributed by atoms with E-state index in [9.17, 15) is 19.5 Å². The van der Waals surface area contributed by atoms with Gasteiger partial charge in [-0.05, 0) is 18.9 Å². The molecule has 4 rings (SSSR count). The van der Waals surface area contributed by atoms with E-state index in [1.54, 1.807) is 18.6 Å². The van der Waals surface area contributed by atoms with Crippen LogP contribution in [0.4, 0.5) is 5.69 Å². The number of hydrogen-bond acceptors (Lipinski definition) is 6. The van der Waals surface area contributed by atoms with Gasteiger partial charge in [-0.15, -0.1) is 11.3 Å². The highest BCUT2D eigenvalue weighted by Crippen LogP contribution is 2.32. The molecule has 9 heteroatoms. The van der Waals surface area contributed by atoms with E-state index < -0.39 is 11.9 Å². The van der Waals surface area contributed by atoms with Crippen LogP contribution in [0.3, 0.4) is 0 Å². The van der Waals surface area contributed by atoms with Crippen LogP contribution in [0.1, 0.15) is 12.8 Å². The summed E-state index contributed by atoms with van der Waals surface area (Å²) < 4.78 is 2.22. The largest absolute Gasteiger partial charge is 0.480 e. The number of carboxylic acids is 1. The number of aliphatic carboxylic acids is 1. The molecule has 28 heavy (non-hydrogen) atoms. The highest BCUT2D eigenvalue weighted by molar-refractivity contribution is 7.17. The highest BCUT2D eigenvalue weighted by atomic mass is 32.1. The molecule has 0 saturated heterocycles. The minimum absolute atomic E-state index is 0.00242. The summed E-state index contributed by atoms with van der Waals surface area (Å²) in [6.45, 7) is 3.78. The van der Waals surface area contributed by atoms with Crippen molar-refractivity contribution in [2.75, 3.05) is 0 Å². The third kappa shape index (κ3) is 3.24. The van der Waals surface area contributed by atoms with Gasteiger partial charge in [-0.25, -0.2) is 0 Å². The number of nitrogens with one attached hydrogen (secondary N) is 2. The van der Waals surface area contributed by atoms with Gasteiger partial charge in [0.1, 0.15) is 11.7 Å².